The number of rotatable bonds is 8. The smallest absolute Gasteiger partial charge is 0.416 e. The molecule has 1 N–H and O–H groups in total. The number of hydrogen-bond acceptors (Lipinski definition) is 5. The summed E-state index contributed by atoms with van der Waals surface area (Å²) in [6.07, 6.45) is -7.01. The van der Waals surface area contributed by atoms with E-state index in [9.17, 15) is 26.3 Å². The minimum Gasteiger partial charge on any atom is -0.497 e. The van der Waals surface area contributed by atoms with E-state index >= 15 is 0 Å². The van der Waals surface area contributed by atoms with E-state index in [4.69, 9.17) is 14.9 Å². The van der Waals surface area contributed by atoms with Crippen molar-refractivity contribution in [2.45, 2.75) is 65.7 Å². The predicted molar refractivity (Wildman–Crippen MR) is 172 cm³/mol. The summed E-state index contributed by atoms with van der Waals surface area (Å²) in [7, 11) is 1.45. The molecule has 0 spiro atoms. The first-order chi connectivity index (χ1) is 21.8. The van der Waals surface area contributed by atoms with Crippen LogP contribution >= 0.6 is 0 Å². The Morgan fingerprint density at radius 1 is 0.913 bits per heavy atom. The molecule has 1 aliphatic heterocycles. The number of nitrogens with one attached hydrogen (secondary N) is 1. The van der Waals surface area contributed by atoms with Crippen LogP contribution in [0.2, 0.25) is 0 Å². The van der Waals surface area contributed by atoms with Crippen LogP contribution in [0.3, 0.4) is 0 Å². The third kappa shape index (κ3) is 8.70. The third-order valence-electron chi connectivity index (χ3n) is 7.20. The summed E-state index contributed by atoms with van der Waals surface area (Å²) in [5.41, 5.74) is -1.54. The quantitative estimate of drug-likeness (QED) is 0.150. The van der Waals surface area contributed by atoms with Gasteiger partial charge in [-0.05, 0) is 86.0 Å². The maximum atomic E-state index is 14.0. The summed E-state index contributed by atoms with van der Waals surface area (Å²) in [6.45, 7) is 11.8. The molecule has 1 aliphatic rings. The number of halogens is 6. The lowest BCUT2D eigenvalue weighted by molar-refractivity contribution is -0.141. The number of fused-ring (bicyclic) bond motifs is 1. The molecule has 0 amide bonds. The summed E-state index contributed by atoms with van der Waals surface area (Å²) in [4.78, 5) is 6.08. The molecule has 11 heteroatoms. The van der Waals surface area contributed by atoms with Gasteiger partial charge in [0.25, 0.3) is 0 Å². The van der Waals surface area contributed by atoms with E-state index < -0.39 is 34.5 Å². The van der Waals surface area contributed by atoms with Crippen molar-refractivity contribution in [3.05, 3.63) is 106 Å². The fraction of sp³-hybridized carbons (Fsp3) is 0.371. The van der Waals surface area contributed by atoms with Crippen molar-refractivity contribution in [1.29, 1.82) is 5.41 Å². The molecule has 4 rings (SSSR count). The van der Waals surface area contributed by atoms with E-state index in [0.717, 1.165) is 0 Å². The van der Waals surface area contributed by atoms with Gasteiger partial charge in [-0.2, -0.15) is 26.3 Å². The zero-order chi connectivity index (χ0) is 34.7. The molecule has 0 radical (unpaired) electrons. The number of hydrogen-bond donors (Lipinski definition) is 1. The number of aliphatic imine (C=N–C) groups is 1. The van der Waals surface area contributed by atoms with E-state index in [2.05, 4.69) is 4.99 Å². The van der Waals surface area contributed by atoms with Crippen molar-refractivity contribution in [2.75, 3.05) is 25.3 Å². The number of alkyl halides is 6. The molecule has 1 atom stereocenters. The van der Waals surface area contributed by atoms with Crippen LogP contribution in [0.5, 0.6) is 5.75 Å². The highest BCUT2D eigenvalue weighted by atomic mass is 19.4. The first kappa shape index (κ1) is 37.9. The largest absolute Gasteiger partial charge is 0.497 e. The summed E-state index contributed by atoms with van der Waals surface area (Å²) < 4.78 is 93.6. The molecular weight excluding hydrogens is 608 g/mol. The van der Waals surface area contributed by atoms with Crippen LogP contribution in [0.4, 0.5) is 32.0 Å². The van der Waals surface area contributed by atoms with Gasteiger partial charge in [0.2, 0.25) is 5.90 Å². The molecule has 0 aliphatic carbocycles. The molecule has 250 valence electrons. The number of ether oxygens (including phenoxy) is 2. The Labute approximate surface area is 267 Å². The molecule has 0 saturated carbocycles. The molecule has 0 bridgehead atoms. The van der Waals surface area contributed by atoms with Gasteiger partial charge in [-0.15, -0.1) is 0 Å². The number of likely N-dealkylation sites (N-methyl/N-ethyl adjacent to an activating group) is 1. The van der Waals surface area contributed by atoms with Crippen molar-refractivity contribution in [1.82, 2.24) is 0 Å². The molecule has 3 aromatic rings. The van der Waals surface area contributed by atoms with E-state index in [1.165, 1.54) is 13.3 Å². The summed E-state index contributed by atoms with van der Waals surface area (Å²) in [5, 5.41) is 8.04. The van der Waals surface area contributed by atoms with Crippen LogP contribution < -0.4 is 9.64 Å². The van der Waals surface area contributed by atoms with E-state index in [0.29, 0.717) is 53.0 Å². The number of methoxy groups -OCH3 is 1. The lowest BCUT2D eigenvalue weighted by Gasteiger charge is -2.31. The van der Waals surface area contributed by atoms with Crippen molar-refractivity contribution in [3.8, 4) is 5.75 Å². The number of allylic oxidation sites excluding steroid dienone is 2. The van der Waals surface area contributed by atoms with Crippen LogP contribution in [0.15, 0.2) is 83.5 Å². The molecule has 1 unspecified atom stereocenters. The molecule has 1 heterocycles. The van der Waals surface area contributed by atoms with Crippen molar-refractivity contribution < 1.29 is 35.8 Å². The standard InChI is InChI=1S/C31H29F6N3O2.2C2H6/c1-4-40-26-13-11-23(41-3)17-25(26)29(2,18-21-16-22(30(32,33)34)10-12-24(21)31(35,36)37)27(40)14-15-39-19-42-28(38)20-8-6-5-7-9-20;2*1-2/h5-17,38H,4,18-19H2,1-3H3;2*1-2H3/b27-14-,38-28?,39-15-;;. The Hall–Kier alpha value is -4.28. The van der Waals surface area contributed by atoms with E-state index in [-0.39, 0.29) is 19.0 Å². The van der Waals surface area contributed by atoms with Crippen molar-refractivity contribution in [3.63, 3.8) is 0 Å². The van der Waals surface area contributed by atoms with Gasteiger partial charge in [0.15, 0.2) is 6.73 Å². The van der Waals surface area contributed by atoms with Crippen LogP contribution in [0.25, 0.3) is 0 Å². The fourth-order valence-corrected chi connectivity index (χ4v) is 5.20. The normalized spacial score (nSPS) is 16.7. The Kier molecular flexibility index (Phi) is 13.5. The maximum absolute atomic E-state index is 14.0. The first-order valence-electron chi connectivity index (χ1n) is 15.0. The Bertz CT molecular complexity index is 1500. The van der Waals surface area contributed by atoms with Crippen LogP contribution in [0.1, 0.15) is 69.4 Å². The highest BCUT2D eigenvalue weighted by Gasteiger charge is 2.46. The topological polar surface area (TPSA) is 57.9 Å². The maximum Gasteiger partial charge on any atom is 0.416 e. The molecular formula is C35H41F6N3O2. The summed E-state index contributed by atoms with van der Waals surface area (Å²) in [5.74, 6) is 0.379. The van der Waals surface area contributed by atoms with Crippen molar-refractivity contribution >= 4 is 17.8 Å². The van der Waals surface area contributed by atoms with Crippen LogP contribution in [0, 0.1) is 5.41 Å². The SMILES string of the molecule is CC.CC.CCN1/C(=C\C=N/COC(=N)c2ccccc2)C(C)(Cc2cc(C(F)(F)F)ccc2C(F)(F)F)c2cc(OC)ccc21. The second kappa shape index (κ2) is 16.3. The monoisotopic (exact) mass is 649 g/mol. The Balaban J connectivity index is 0.00000177. The lowest BCUT2D eigenvalue weighted by Crippen LogP contribution is -2.31. The molecule has 3 aromatic carbocycles. The lowest BCUT2D eigenvalue weighted by atomic mass is 9.75. The Morgan fingerprint density at radius 2 is 1.57 bits per heavy atom. The molecule has 0 aromatic heterocycles. The first-order valence-corrected chi connectivity index (χ1v) is 15.0. The second-order valence-corrected chi connectivity index (χ2v) is 9.86. The van der Waals surface area contributed by atoms with Gasteiger partial charge >= 0.3 is 12.4 Å². The molecule has 0 fully saturated rings. The third-order valence-corrected chi connectivity index (χ3v) is 7.20. The second-order valence-electron chi connectivity index (χ2n) is 9.86. The fourth-order valence-electron chi connectivity index (χ4n) is 5.20. The van der Waals surface area contributed by atoms with Crippen molar-refractivity contribution in [2.24, 2.45) is 4.99 Å². The highest BCUT2D eigenvalue weighted by molar-refractivity contribution is 5.91. The minimum atomic E-state index is -4.86. The zero-order valence-electron chi connectivity index (χ0n) is 27.1. The van der Waals surface area contributed by atoms with Gasteiger partial charge in [0, 0.05) is 35.1 Å². The van der Waals surface area contributed by atoms with Crippen LogP contribution in [-0.4, -0.2) is 32.5 Å². The molecule has 0 saturated heterocycles. The van der Waals surface area contributed by atoms with Gasteiger partial charge in [-0.3, -0.25) is 10.4 Å². The number of anilines is 1. The molecule has 5 nitrogen and oxygen atoms in total. The summed E-state index contributed by atoms with van der Waals surface area (Å²) >= 11 is 0. The number of benzene rings is 3. The van der Waals surface area contributed by atoms with Gasteiger partial charge in [-0.25, -0.2) is 0 Å². The number of nitrogens with zero attached hydrogens (tertiary/aromatic N) is 2. The predicted octanol–water partition coefficient (Wildman–Crippen LogP) is 10.1. The van der Waals surface area contributed by atoms with Crippen LogP contribution in [-0.2, 0) is 28.9 Å². The van der Waals surface area contributed by atoms with Gasteiger partial charge in [0.1, 0.15) is 5.75 Å². The minimum absolute atomic E-state index is 0.0787. The van der Waals surface area contributed by atoms with E-state index in [1.807, 2.05) is 45.6 Å². The van der Waals surface area contributed by atoms with E-state index in [1.54, 1.807) is 55.5 Å². The highest BCUT2D eigenvalue weighted by Crippen LogP contribution is 2.51. The van der Waals surface area contributed by atoms with Gasteiger partial charge < -0.3 is 14.4 Å². The zero-order valence-corrected chi connectivity index (χ0v) is 27.1. The average molecular weight is 650 g/mol. The summed E-state index contributed by atoms with van der Waals surface area (Å²) in [6, 6.07) is 15.5. The van der Waals surface area contributed by atoms with Gasteiger partial charge in [-0.1, -0.05) is 45.9 Å². The van der Waals surface area contributed by atoms with Gasteiger partial charge in [0.05, 0.1) is 18.2 Å². The molecule has 46 heavy (non-hydrogen) atoms. The average Bonchev–Trinajstić information content (AvgIpc) is 3.27. The Morgan fingerprint density at radius 3 is 2.13 bits per heavy atom.